The Morgan fingerprint density at radius 3 is 2.86 bits per heavy atom. The summed E-state index contributed by atoms with van der Waals surface area (Å²) in [5, 5.41) is 9.39. The van der Waals surface area contributed by atoms with Crippen molar-refractivity contribution >= 4 is 11.7 Å². The van der Waals surface area contributed by atoms with E-state index in [9.17, 15) is 9.90 Å². The van der Waals surface area contributed by atoms with Gasteiger partial charge in [0.2, 0.25) is 0 Å². The highest BCUT2D eigenvalue weighted by Crippen LogP contribution is 2.22. The first-order chi connectivity index (χ1) is 10.0. The van der Waals surface area contributed by atoms with Gasteiger partial charge in [-0.2, -0.15) is 0 Å². The fourth-order valence-corrected chi connectivity index (χ4v) is 3.12. The fourth-order valence-electron chi connectivity index (χ4n) is 3.12. The van der Waals surface area contributed by atoms with Crippen LogP contribution in [0.25, 0.3) is 0 Å². The quantitative estimate of drug-likeness (QED) is 0.829. The van der Waals surface area contributed by atoms with Crippen molar-refractivity contribution in [3.05, 3.63) is 29.3 Å². The zero-order chi connectivity index (χ0) is 15.4. The highest BCUT2D eigenvalue weighted by atomic mass is 16.4. The van der Waals surface area contributed by atoms with Crippen LogP contribution in [-0.4, -0.2) is 53.6 Å². The number of benzene rings is 1. The molecule has 1 fully saturated rings. The van der Waals surface area contributed by atoms with Gasteiger partial charge >= 0.3 is 5.97 Å². The molecule has 0 bridgehead atoms. The van der Waals surface area contributed by atoms with Gasteiger partial charge in [0.1, 0.15) is 0 Å². The van der Waals surface area contributed by atoms with Crippen molar-refractivity contribution in [2.45, 2.75) is 32.4 Å². The topological polar surface area (TPSA) is 69.8 Å². The molecule has 1 heterocycles. The molecule has 0 saturated carbocycles. The third-order valence-corrected chi connectivity index (χ3v) is 4.27. The lowest BCUT2D eigenvalue weighted by Gasteiger charge is -2.30. The van der Waals surface area contributed by atoms with Crippen molar-refractivity contribution in [3.8, 4) is 0 Å². The van der Waals surface area contributed by atoms with Crippen molar-refractivity contribution in [1.82, 2.24) is 9.80 Å². The molecular weight excluding hydrogens is 266 g/mol. The number of rotatable bonds is 4. The predicted octanol–water partition coefficient (Wildman–Crippen LogP) is 1.88. The molecular formula is C16H25N3O2. The van der Waals surface area contributed by atoms with E-state index in [-0.39, 0.29) is 5.56 Å². The number of nitrogens with zero attached hydrogens (tertiary/aromatic N) is 2. The van der Waals surface area contributed by atoms with Gasteiger partial charge in [-0.25, -0.2) is 4.79 Å². The van der Waals surface area contributed by atoms with Crippen LogP contribution in [0.4, 0.5) is 5.69 Å². The van der Waals surface area contributed by atoms with Crippen LogP contribution in [0.3, 0.4) is 0 Å². The minimum atomic E-state index is -0.942. The van der Waals surface area contributed by atoms with E-state index in [1.54, 1.807) is 6.07 Å². The second kappa shape index (κ2) is 6.91. The molecule has 21 heavy (non-hydrogen) atoms. The third kappa shape index (κ3) is 3.74. The first-order valence-corrected chi connectivity index (χ1v) is 7.56. The summed E-state index contributed by atoms with van der Waals surface area (Å²) in [6.45, 7) is 5.96. The summed E-state index contributed by atoms with van der Waals surface area (Å²) in [6.07, 6.45) is 2.17. The van der Waals surface area contributed by atoms with Crippen molar-refractivity contribution in [2.24, 2.45) is 0 Å². The molecule has 0 amide bonds. The Kier molecular flexibility index (Phi) is 5.20. The molecule has 0 aliphatic carbocycles. The Hall–Kier alpha value is -1.59. The van der Waals surface area contributed by atoms with Gasteiger partial charge < -0.3 is 15.7 Å². The van der Waals surface area contributed by atoms with E-state index in [1.807, 2.05) is 12.1 Å². The lowest BCUT2D eigenvalue weighted by Crippen LogP contribution is -2.39. The van der Waals surface area contributed by atoms with Crippen LogP contribution in [-0.2, 0) is 6.54 Å². The molecule has 1 atom stereocenters. The molecule has 5 heteroatoms. The van der Waals surface area contributed by atoms with E-state index >= 15 is 0 Å². The standard InChI is InChI=1S/C16H25N3O2/c1-3-13-11-18(2)8-5-9-19(13)10-12-6-4-7-14(17)15(12)16(20)21/h4,6-7,13H,3,5,8-11,17H2,1-2H3,(H,20,21). The first kappa shape index (κ1) is 15.8. The first-order valence-electron chi connectivity index (χ1n) is 7.56. The third-order valence-electron chi connectivity index (χ3n) is 4.27. The number of anilines is 1. The summed E-state index contributed by atoms with van der Waals surface area (Å²) in [6, 6.07) is 5.82. The van der Waals surface area contributed by atoms with E-state index in [2.05, 4.69) is 23.8 Å². The maximum atomic E-state index is 11.4. The van der Waals surface area contributed by atoms with Crippen molar-refractivity contribution in [3.63, 3.8) is 0 Å². The van der Waals surface area contributed by atoms with Gasteiger partial charge in [-0.15, -0.1) is 0 Å². The van der Waals surface area contributed by atoms with Crippen LogP contribution < -0.4 is 5.73 Å². The van der Waals surface area contributed by atoms with E-state index in [1.165, 1.54) is 0 Å². The summed E-state index contributed by atoms with van der Waals surface area (Å²) in [4.78, 5) is 16.2. The highest BCUT2D eigenvalue weighted by Gasteiger charge is 2.24. The number of hydrogen-bond acceptors (Lipinski definition) is 4. The number of aromatic carboxylic acids is 1. The van der Waals surface area contributed by atoms with E-state index in [0.29, 0.717) is 18.3 Å². The number of carboxylic acid groups (broad SMARTS) is 1. The SMILES string of the molecule is CCC1CN(C)CCCN1Cc1cccc(N)c1C(=O)O. The molecule has 116 valence electrons. The predicted molar refractivity (Wildman–Crippen MR) is 84.4 cm³/mol. The van der Waals surface area contributed by atoms with Gasteiger partial charge in [0.15, 0.2) is 0 Å². The molecule has 5 nitrogen and oxygen atoms in total. The zero-order valence-electron chi connectivity index (χ0n) is 12.9. The molecule has 0 aromatic heterocycles. The molecule has 0 spiro atoms. The van der Waals surface area contributed by atoms with E-state index < -0.39 is 5.97 Å². The molecule has 1 aromatic carbocycles. The normalized spacial score (nSPS) is 21.1. The summed E-state index contributed by atoms with van der Waals surface area (Å²) in [5.41, 5.74) is 7.25. The average molecular weight is 291 g/mol. The van der Waals surface area contributed by atoms with Gasteiger partial charge in [-0.05, 0) is 38.1 Å². The molecule has 1 aliphatic rings. The molecule has 1 aliphatic heterocycles. The fraction of sp³-hybridized carbons (Fsp3) is 0.562. The smallest absolute Gasteiger partial charge is 0.338 e. The van der Waals surface area contributed by atoms with Gasteiger partial charge in [-0.3, -0.25) is 4.90 Å². The largest absolute Gasteiger partial charge is 0.478 e. The van der Waals surface area contributed by atoms with E-state index in [0.717, 1.165) is 38.0 Å². The van der Waals surface area contributed by atoms with Crippen LogP contribution in [0.5, 0.6) is 0 Å². The van der Waals surface area contributed by atoms with Crippen LogP contribution in [0.15, 0.2) is 18.2 Å². The van der Waals surface area contributed by atoms with Gasteiger partial charge in [-0.1, -0.05) is 19.1 Å². The Labute approximate surface area is 126 Å². The minimum absolute atomic E-state index is 0.255. The minimum Gasteiger partial charge on any atom is -0.478 e. The summed E-state index contributed by atoms with van der Waals surface area (Å²) < 4.78 is 0. The highest BCUT2D eigenvalue weighted by molar-refractivity contribution is 5.95. The average Bonchev–Trinajstić information content (AvgIpc) is 2.60. The van der Waals surface area contributed by atoms with Gasteiger partial charge in [0.25, 0.3) is 0 Å². The number of nitrogens with two attached hydrogens (primary N) is 1. The Morgan fingerprint density at radius 2 is 2.19 bits per heavy atom. The number of carbonyl (C=O) groups is 1. The van der Waals surface area contributed by atoms with Crippen molar-refractivity contribution in [1.29, 1.82) is 0 Å². The summed E-state index contributed by atoms with van der Waals surface area (Å²) in [5.74, 6) is -0.942. The van der Waals surface area contributed by atoms with Crippen LogP contribution >= 0.6 is 0 Å². The molecule has 1 unspecified atom stereocenters. The number of likely N-dealkylation sites (N-methyl/N-ethyl adjacent to an activating group) is 1. The number of nitrogen functional groups attached to an aromatic ring is 1. The lowest BCUT2D eigenvalue weighted by molar-refractivity contribution is 0.0694. The lowest BCUT2D eigenvalue weighted by atomic mass is 10.0. The zero-order valence-corrected chi connectivity index (χ0v) is 12.9. The van der Waals surface area contributed by atoms with E-state index in [4.69, 9.17) is 5.73 Å². The second-order valence-electron chi connectivity index (χ2n) is 5.83. The molecule has 1 saturated heterocycles. The molecule has 1 aromatic rings. The maximum absolute atomic E-state index is 11.4. The molecule has 2 rings (SSSR count). The number of carboxylic acids is 1. The summed E-state index contributed by atoms with van der Waals surface area (Å²) >= 11 is 0. The molecule has 3 N–H and O–H groups in total. The molecule has 0 radical (unpaired) electrons. The number of hydrogen-bond donors (Lipinski definition) is 2. The monoisotopic (exact) mass is 291 g/mol. The van der Waals surface area contributed by atoms with Crippen LogP contribution in [0.2, 0.25) is 0 Å². The van der Waals surface area contributed by atoms with Crippen LogP contribution in [0, 0.1) is 0 Å². The Bertz CT molecular complexity index is 504. The van der Waals surface area contributed by atoms with Gasteiger partial charge in [0, 0.05) is 31.4 Å². The Morgan fingerprint density at radius 1 is 1.43 bits per heavy atom. The summed E-state index contributed by atoms with van der Waals surface area (Å²) in [7, 11) is 2.15. The maximum Gasteiger partial charge on any atom is 0.338 e. The van der Waals surface area contributed by atoms with Crippen molar-refractivity contribution in [2.75, 3.05) is 32.4 Å². The Balaban J connectivity index is 2.24. The second-order valence-corrected chi connectivity index (χ2v) is 5.83. The van der Waals surface area contributed by atoms with Gasteiger partial charge in [0.05, 0.1) is 5.56 Å². The van der Waals surface area contributed by atoms with Crippen molar-refractivity contribution < 1.29 is 9.90 Å². The van der Waals surface area contributed by atoms with Crippen LogP contribution in [0.1, 0.15) is 35.7 Å².